The monoisotopic (exact) mass is 363 g/mol. The molecule has 0 heterocycles. The molecule has 0 spiro atoms. The summed E-state index contributed by atoms with van der Waals surface area (Å²) < 4.78 is 18.2. The maximum absolute atomic E-state index is 13.0. The highest BCUT2D eigenvalue weighted by atomic mass is 35.5. The van der Waals surface area contributed by atoms with E-state index in [0.29, 0.717) is 5.56 Å². The molecule has 2 aromatic carbocycles. The molecule has 0 radical (unpaired) electrons. The topological polar surface area (TPSA) is 55.4 Å². The second-order valence-electron chi connectivity index (χ2n) is 6.57. The molecule has 2 aromatic rings. The molecule has 0 saturated carbocycles. The molecule has 2 rings (SSSR count). The Labute approximate surface area is 150 Å². The number of amides is 2. The molecule has 0 aliphatic rings. The largest absolute Gasteiger partial charge is 0.484 e. The van der Waals surface area contributed by atoms with E-state index in [1.54, 1.807) is 12.1 Å². The molecule has 0 unspecified atom stereocenters. The summed E-state index contributed by atoms with van der Waals surface area (Å²) in [6, 6.07) is 10.8. The fourth-order valence-corrected chi connectivity index (χ4v) is 2.24. The van der Waals surface area contributed by atoms with E-state index in [2.05, 4.69) is 26.1 Å². The Morgan fingerprint density at radius 1 is 1.12 bits per heavy atom. The van der Waals surface area contributed by atoms with Gasteiger partial charge in [-0.15, -0.1) is 0 Å². The van der Waals surface area contributed by atoms with Crippen molar-refractivity contribution in [1.29, 1.82) is 0 Å². The summed E-state index contributed by atoms with van der Waals surface area (Å²) in [5.74, 6) is -1.45. The van der Waals surface area contributed by atoms with Gasteiger partial charge in [0, 0.05) is 11.6 Å². The maximum atomic E-state index is 13.0. The molecule has 1 N–H and O–H groups in total. The Morgan fingerprint density at radius 2 is 1.76 bits per heavy atom. The minimum Gasteiger partial charge on any atom is -0.484 e. The number of imide groups is 1. The number of halogens is 2. The van der Waals surface area contributed by atoms with Crippen molar-refractivity contribution in [3.8, 4) is 5.75 Å². The number of hydrogen-bond acceptors (Lipinski definition) is 3. The van der Waals surface area contributed by atoms with E-state index >= 15 is 0 Å². The molecule has 0 atom stereocenters. The van der Waals surface area contributed by atoms with Crippen LogP contribution in [-0.2, 0) is 10.2 Å². The van der Waals surface area contributed by atoms with Gasteiger partial charge in [0.1, 0.15) is 11.6 Å². The van der Waals surface area contributed by atoms with Crippen LogP contribution in [0.25, 0.3) is 0 Å². The summed E-state index contributed by atoms with van der Waals surface area (Å²) in [6.45, 7) is 5.84. The first-order valence-corrected chi connectivity index (χ1v) is 8.07. The molecule has 0 fully saturated rings. The van der Waals surface area contributed by atoms with Crippen molar-refractivity contribution in [1.82, 2.24) is 5.32 Å². The third-order valence-corrected chi connectivity index (χ3v) is 3.82. The summed E-state index contributed by atoms with van der Waals surface area (Å²) in [6.07, 6.45) is 0. The van der Waals surface area contributed by atoms with Gasteiger partial charge in [-0.2, -0.15) is 0 Å². The molecule has 4 nitrogen and oxygen atoms in total. The smallest absolute Gasteiger partial charge is 0.264 e. The van der Waals surface area contributed by atoms with Crippen LogP contribution in [0.5, 0.6) is 5.75 Å². The van der Waals surface area contributed by atoms with Gasteiger partial charge in [-0.25, -0.2) is 4.39 Å². The highest BCUT2D eigenvalue weighted by Crippen LogP contribution is 2.22. The summed E-state index contributed by atoms with van der Waals surface area (Å²) >= 11 is 5.63. The molecule has 0 bridgehead atoms. The van der Waals surface area contributed by atoms with Crippen LogP contribution < -0.4 is 10.1 Å². The average molecular weight is 364 g/mol. The highest BCUT2D eigenvalue weighted by molar-refractivity contribution is 6.30. The molecule has 0 aliphatic heterocycles. The highest BCUT2D eigenvalue weighted by Gasteiger charge is 2.15. The van der Waals surface area contributed by atoms with Crippen LogP contribution in [0.4, 0.5) is 4.39 Å². The molecule has 0 saturated heterocycles. The predicted molar refractivity (Wildman–Crippen MR) is 94.5 cm³/mol. The first-order valence-electron chi connectivity index (χ1n) is 7.69. The van der Waals surface area contributed by atoms with E-state index in [9.17, 15) is 14.0 Å². The second-order valence-corrected chi connectivity index (χ2v) is 6.98. The summed E-state index contributed by atoms with van der Waals surface area (Å²) in [7, 11) is 0. The number of benzene rings is 2. The lowest BCUT2D eigenvalue weighted by molar-refractivity contribution is -0.122. The average Bonchev–Trinajstić information content (AvgIpc) is 2.55. The van der Waals surface area contributed by atoms with Crippen molar-refractivity contribution in [2.24, 2.45) is 0 Å². The molecule has 132 valence electrons. The molecule has 6 heteroatoms. The molecular formula is C19H19ClFNO3. The van der Waals surface area contributed by atoms with Crippen LogP contribution in [-0.4, -0.2) is 18.4 Å². The first kappa shape index (κ1) is 18.9. The number of carbonyl (C=O) groups is 2. The van der Waals surface area contributed by atoms with Crippen molar-refractivity contribution in [3.05, 3.63) is 64.4 Å². The van der Waals surface area contributed by atoms with Gasteiger partial charge < -0.3 is 4.74 Å². The van der Waals surface area contributed by atoms with E-state index in [1.165, 1.54) is 12.1 Å². The zero-order valence-electron chi connectivity index (χ0n) is 14.2. The van der Waals surface area contributed by atoms with E-state index in [4.69, 9.17) is 16.3 Å². The first-order chi connectivity index (χ1) is 11.7. The Kier molecular flexibility index (Phi) is 5.80. The van der Waals surface area contributed by atoms with E-state index < -0.39 is 17.6 Å². The number of ether oxygens (including phenoxy) is 1. The van der Waals surface area contributed by atoms with Crippen LogP contribution in [0, 0.1) is 5.82 Å². The van der Waals surface area contributed by atoms with Gasteiger partial charge in [0.2, 0.25) is 0 Å². The van der Waals surface area contributed by atoms with Crippen molar-refractivity contribution >= 4 is 23.4 Å². The number of rotatable bonds is 4. The standard InChI is InChI=1S/C19H19ClFNO3/c1-19(2,3)13-6-4-12(5-7-13)18(24)22-17(23)11-25-14-8-9-16(21)15(20)10-14/h4-10H,11H2,1-3H3,(H,22,23,24). The normalized spacial score (nSPS) is 11.1. The van der Waals surface area contributed by atoms with E-state index in [0.717, 1.165) is 11.6 Å². The number of nitrogens with one attached hydrogen (secondary N) is 1. The molecule has 2 amide bonds. The lowest BCUT2D eigenvalue weighted by Gasteiger charge is -2.19. The van der Waals surface area contributed by atoms with Crippen molar-refractivity contribution in [2.45, 2.75) is 26.2 Å². The SMILES string of the molecule is CC(C)(C)c1ccc(C(=O)NC(=O)COc2ccc(F)c(Cl)c2)cc1. The summed E-state index contributed by atoms with van der Waals surface area (Å²) in [5, 5.41) is 2.14. The lowest BCUT2D eigenvalue weighted by atomic mass is 9.87. The minimum atomic E-state index is -0.606. The fourth-order valence-electron chi connectivity index (χ4n) is 2.07. The Hall–Kier alpha value is -2.40. The van der Waals surface area contributed by atoms with E-state index in [-0.39, 0.29) is 22.8 Å². The maximum Gasteiger partial charge on any atom is 0.264 e. The molecular weight excluding hydrogens is 345 g/mol. The van der Waals surface area contributed by atoms with Crippen LogP contribution in [0.2, 0.25) is 5.02 Å². The fraction of sp³-hybridized carbons (Fsp3) is 0.263. The Morgan fingerprint density at radius 3 is 2.32 bits per heavy atom. The zero-order chi connectivity index (χ0) is 18.6. The van der Waals surface area contributed by atoms with Gasteiger partial charge in [0.05, 0.1) is 5.02 Å². The Bertz CT molecular complexity index is 782. The van der Waals surface area contributed by atoms with Crippen molar-refractivity contribution in [3.63, 3.8) is 0 Å². The molecule has 0 aromatic heterocycles. The van der Waals surface area contributed by atoms with Gasteiger partial charge in [0.15, 0.2) is 6.61 Å². The van der Waals surface area contributed by atoms with Gasteiger partial charge in [-0.05, 0) is 35.2 Å². The van der Waals surface area contributed by atoms with Gasteiger partial charge in [0.25, 0.3) is 11.8 Å². The zero-order valence-corrected chi connectivity index (χ0v) is 15.0. The molecule has 25 heavy (non-hydrogen) atoms. The number of hydrogen-bond donors (Lipinski definition) is 1. The summed E-state index contributed by atoms with van der Waals surface area (Å²) in [4.78, 5) is 23.9. The van der Waals surface area contributed by atoms with Gasteiger partial charge in [-0.3, -0.25) is 14.9 Å². The van der Waals surface area contributed by atoms with Crippen molar-refractivity contribution in [2.75, 3.05) is 6.61 Å². The predicted octanol–water partition coefficient (Wildman–Crippen LogP) is 4.11. The third-order valence-electron chi connectivity index (χ3n) is 3.53. The van der Waals surface area contributed by atoms with Gasteiger partial charge >= 0.3 is 0 Å². The van der Waals surface area contributed by atoms with Crippen molar-refractivity contribution < 1.29 is 18.7 Å². The lowest BCUT2D eigenvalue weighted by Crippen LogP contribution is -2.34. The summed E-state index contributed by atoms with van der Waals surface area (Å²) in [5.41, 5.74) is 1.45. The Balaban J connectivity index is 1.91. The van der Waals surface area contributed by atoms with Crippen LogP contribution in [0.3, 0.4) is 0 Å². The third kappa shape index (κ3) is 5.29. The number of carbonyl (C=O) groups excluding carboxylic acids is 2. The van der Waals surface area contributed by atoms with Crippen LogP contribution in [0.1, 0.15) is 36.7 Å². The van der Waals surface area contributed by atoms with Gasteiger partial charge in [-0.1, -0.05) is 44.5 Å². The quantitative estimate of drug-likeness (QED) is 0.889. The second kappa shape index (κ2) is 7.66. The molecule has 0 aliphatic carbocycles. The van der Waals surface area contributed by atoms with Crippen LogP contribution in [0.15, 0.2) is 42.5 Å². The van der Waals surface area contributed by atoms with E-state index in [1.807, 2.05) is 12.1 Å². The minimum absolute atomic E-state index is 0.0188. The van der Waals surface area contributed by atoms with Crippen LogP contribution >= 0.6 is 11.6 Å².